The molecule has 4 aliphatic heterocycles. The normalized spacial score (nSPS) is 20.9. The summed E-state index contributed by atoms with van der Waals surface area (Å²) in [7, 11) is 3.88. The Balaban J connectivity index is 0.000000241. The third-order valence-corrected chi connectivity index (χ3v) is 19.8. The number of aromatic nitrogens is 4. The second-order valence-corrected chi connectivity index (χ2v) is 27.6. The number of nitrogens with zero attached hydrogens (tertiary/aromatic N) is 7. The number of alkyl carbamates (subject to hydrolysis) is 3. The number of halogens is 1. The Kier molecular flexibility index (Phi) is 18.8. The third-order valence-electron chi connectivity index (χ3n) is 19.3. The van der Waals surface area contributed by atoms with Crippen molar-refractivity contribution in [1.29, 1.82) is 0 Å². The average Bonchev–Trinajstić information content (AvgIpc) is 1.59. The van der Waals surface area contributed by atoms with E-state index in [2.05, 4.69) is 105 Å². The molecule has 6 heterocycles. The first-order valence-corrected chi connectivity index (χ1v) is 32.5. The Morgan fingerprint density at radius 1 is 0.576 bits per heavy atom. The zero-order valence-corrected chi connectivity index (χ0v) is 55.1. The minimum atomic E-state index is -0.799. The maximum Gasteiger partial charge on any atom is 0.407 e. The summed E-state index contributed by atoms with van der Waals surface area (Å²) in [6.45, 7) is 20.8. The van der Waals surface area contributed by atoms with Gasteiger partial charge in [-0.3, -0.25) is 19.4 Å². The lowest BCUT2D eigenvalue weighted by Crippen LogP contribution is -2.53. The Morgan fingerprint density at radius 2 is 1.00 bits per heavy atom. The summed E-state index contributed by atoms with van der Waals surface area (Å²) in [4.78, 5) is 107. The number of H-pyrrole nitrogens is 2. The number of carbonyl (C=O) groups is 6. The average molecular weight is 1310 g/mol. The van der Waals surface area contributed by atoms with Crippen molar-refractivity contribution in [2.45, 2.75) is 135 Å². The molecule has 4 aromatic carbocycles. The number of hydrogen-bond donors (Lipinski definition) is 5. The molecule has 2 spiro atoms. The molecule has 0 bridgehead atoms. The number of amides is 6. The first-order valence-electron chi connectivity index (χ1n) is 31.7. The van der Waals surface area contributed by atoms with Crippen molar-refractivity contribution >= 4 is 74.0 Å². The van der Waals surface area contributed by atoms with Crippen molar-refractivity contribution in [3.63, 3.8) is 0 Å². The second kappa shape index (κ2) is 26.8. The number of aliphatic imine (C=N–C) groups is 1. The van der Waals surface area contributed by atoms with Gasteiger partial charge in [-0.15, -0.1) is 0 Å². The highest BCUT2D eigenvalue weighted by Crippen LogP contribution is 2.59. The molecule has 0 radical (unpaired) electrons. The van der Waals surface area contributed by atoms with E-state index in [1.807, 2.05) is 100 Å². The first kappa shape index (κ1) is 64.7. The van der Waals surface area contributed by atoms with Crippen LogP contribution in [0.5, 0.6) is 0 Å². The van der Waals surface area contributed by atoms with Gasteiger partial charge in [0.2, 0.25) is 23.8 Å². The van der Waals surface area contributed by atoms with Gasteiger partial charge in [-0.2, -0.15) is 0 Å². The number of rotatable bonds is 16. The predicted octanol–water partition coefficient (Wildman–Crippen LogP) is 12.1. The van der Waals surface area contributed by atoms with Crippen LogP contribution >= 0.6 is 15.9 Å². The van der Waals surface area contributed by atoms with Crippen LogP contribution in [-0.2, 0) is 28.6 Å². The van der Waals surface area contributed by atoms with E-state index in [0.717, 1.165) is 110 Å². The van der Waals surface area contributed by atoms with E-state index in [9.17, 15) is 28.8 Å². The number of fused-ring (bicyclic) bond motifs is 1. The van der Waals surface area contributed by atoms with Gasteiger partial charge in [0.05, 0.1) is 76.2 Å². The smallest absolute Gasteiger partial charge is 0.407 e. The second-order valence-electron chi connectivity index (χ2n) is 26.6. The molecule has 6 amide bonds. The molecule has 12 rings (SSSR count). The Morgan fingerprint density at radius 3 is 1.48 bits per heavy atom. The molecular formula is C70H81BrN12O9. The van der Waals surface area contributed by atoms with E-state index in [1.54, 1.807) is 11.1 Å². The fraction of sp³-hybridized carbons (Fsp3) is 0.457. The van der Waals surface area contributed by atoms with Gasteiger partial charge in [0.15, 0.2) is 0 Å². The summed E-state index contributed by atoms with van der Waals surface area (Å²) in [5, 5.41) is 10.4. The van der Waals surface area contributed by atoms with Gasteiger partial charge in [0.1, 0.15) is 29.8 Å². The molecule has 92 heavy (non-hydrogen) atoms. The van der Waals surface area contributed by atoms with Crippen LogP contribution in [0.2, 0.25) is 0 Å². The van der Waals surface area contributed by atoms with Gasteiger partial charge < -0.3 is 59.7 Å². The lowest BCUT2D eigenvalue weighted by molar-refractivity contribution is -0.136. The number of benzene rings is 4. The zero-order valence-electron chi connectivity index (χ0n) is 53.5. The number of likely N-dealkylation sites (tertiary alicyclic amines) is 3. The van der Waals surface area contributed by atoms with Crippen molar-refractivity contribution in [2.75, 3.05) is 41.0 Å². The van der Waals surface area contributed by atoms with Gasteiger partial charge in [-0.1, -0.05) is 118 Å². The molecule has 7 atom stereocenters. The first-order chi connectivity index (χ1) is 44.1. The lowest BCUT2D eigenvalue weighted by atomic mass is 9.93. The van der Waals surface area contributed by atoms with Crippen LogP contribution in [0.25, 0.3) is 54.8 Å². The summed E-state index contributed by atoms with van der Waals surface area (Å²) in [6, 6.07) is 26.1. The van der Waals surface area contributed by atoms with Gasteiger partial charge in [-0.05, 0) is 136 Å². The molecule has 6 aromatic rings. The number of methoxy groups -OCH3 is 3. The van der Waals surface area contributed by atoms with Crippen LogP contribution < -0.4 is 16.0 Å². The number of imidazole rings is 2. The van der Waals surface area contributed by atoms with E-state index in [1.165, 1.54) is 21.3 Å². The standard InChI is InChI=1S/C48H54N8O6.C22H27BrN4O3/c1-27(2)41(53-46(59)61-6)44(57)55-25-36(49-5)21-39(55)43-51-24-38(52-43)30-10-8-29(9-11-30)31-12-13-33-19-34(15-14-32(33)18-31)35-20-37(50-23-35)40-22-48(16-17-48)26-56(40)45(58)42(28(3)4)54-47(60)62-7;1-13(2)18(26-21(29)30-3)20(28)27-12-22(8-9-22)10-17(27)19-24-11-16(25-19)14-4-6-15(23)7-5-14/h8-15,18-19,23-24,27-28,36,39-42H,16-17,20-22,25-26H2,1-4,6-7H3,(H,51,52)(H,53,59)(H,54,60);4-7,11,13,17-18H,8-10,12H2,1-3H3,(H,24,25)(H,26,29)/t36-,39-,40-,41-,42-;17-,18-/m00/s1. The summed E-state index contributed by atoms with van der Waals surface area (Å²) in [5.41, 5.74) is 9.41. The molecule has 2 saturated carbocycles. The number of ether oxygens (including phenoxy) is 3. The van der Waals surface area contributed by atoms with Gasteiger partial charge in [0.25, 0.3) is 0 Å². The minimum absolute atomic E-state index is 0.0528. The van der Waals surface area contributed by atoms with E-state index in [4.69, 9.17) is 25.8 Å². The highest BCUT2D eigenvalue weighted by atomic mass is 79.9. The van der Waals surface area contributed by atoms with Crippen molar-refractivity contribution in [2.24, 2.45) is 33.6 Å². The summed E-state index contributed by atoms with van der Waals surface area (Å²) < 4.78 is 15.3. The predicted molar refractivity (Wildman–Crippen MR) is 353 cm³/mol. The largest absolute Gasteiger partial charge is 0.453 e. The molecule has 22 heteroatoms. The molecule has 2 aliphatic carbocycles. The van der Waals surface area contributed by atoms with E-state index in [-0.39, 0.29) is 71.0 Å². The van der Waals surface area contributed by atoms with Crippen LogP contribution in [-0.4, -0.2) is 148 Å². The quantitative estimate of drug-likeness (QED) is 0.0450. The molecular weight excluding hydrogens is 1230 g/mol. The van der Waals surface area contributed by atoms with Crippen LogP contribution in [0.1, 0.15) is 122 Å². The van der Waals surface area contributed by atoms with E-state index in [0.29, 0.717) is 31.8 Å². The van der Waals surface area contributed by atoms with Crippen LogP contribution in [0.4, 0.5) is 14.4 Å². The maximum atomic E-state index is 13.9. The Bertz CT molecular complexity index is 3880. The highest BCUT2D eigenvalue weighted by molar-refractivity contribution is 9.10. The Hall–Kier alpha value is -8.84. The zero-order chi connectivity index (χ0) is 65.3. The SMILES string of the molecule is COC(=O)N[C@H](C(=O)N1CC2(CC2)C[C@H]1c1ncc(-c2ccc(Br)cc2)[nH]1)C(C)C.[C-]#[N+][C@H]1C[C@@H](c2ncc(-c3ccc(-c4ccc5cc(C6=CN=C([C@@H]7CC8(CC8)CN7C(=O)[C@@H](NC(=O)OC)C(C)C)C6)ccc5c4)cc3)[nH]2)N(C(=O)[C@@H](NC(=O)OC)C(C)C)C1. The molecule has 5 fully saturated rings. The highest BCUT2D eigenvalue weighted by Gasteiger charge is 2.57. The van der Waals surface area contributed by atoms with Crippen molar-refractivity contribution in [3.8, 4) is 33.6 Å². The monoisotopic (exact) mass is 1310 g/mol. The maximum absolute atomic E-state index is 13.9. The lowest BCUT2D eigenvalue weighted by Gasteiger charge is -2.31. The van der Waals surface area contributed by atoms with Gasteiger partial charge in [-0.25, -0.2) is 30.9 Å². The Labute approximate surface area is 544 Å². The fourth-order valence-corrected chi connectivity index (χ4v) is 13.7. The number of allylic oxidation sites excluding steroid dienone is 1. The van der Waals surface area contributed by atoms with Crippen LogP contribution in [0.3, 0.4) is 0 Å². The molecule has 3 saturated heterocycles. The summed E-state index contributed by atoms with van der Waals surface area (Å²) >= 11 is 3.46. The van der Waals surface area contributed by atoms with Gasteiger partial charge >= 0.3 is 18.3 Å². The molecule has 6 aliphatic rings. The molecule has 0 unspecified atom stereocenters. The van der Waals surface area contributed by atoms with E-state index >= 15 is 0 Å². The summed E-state index contributed by atoms with van der Waals surface area (Å²) in [5.74, 6) is 0.638. The van der Waals surface area contributed by atoms with Crippen molar-refractivity contribution in [3.05, 3.63) is 137 Å². The molecule has 2 aromatic heterocycles. The molecule has 21 nitrogen and oxygen atoms in total. The number of nitrogens with one attached hydrogen (secondary N) is 5. The topological polar surface area (TPSA) is 250 Å². The molecule has 5 N–H and O–H groups in total. The summed E-state index contributed by atoms with van der Waals surface area (Å²) in [6.07, 6.45) is 11.0. The van der Waals surface area contributed by atoms with E-state index < -0.39 is 42.4 Å². The van der Waals surface area contributed by atoms with Crippen molar-refractivity contribution in [1.82, 2.24) is 50.6 Å². The number of hydrogen-bond acceptors (Lipinski definition) is 12. The van der Waals surface area contributed by atoms with Crippen LogP contribution in [0, 0.1) is 35.2 Å². The van der Waals surface area contributed by atoms with Gasteiger partial charge in [0, 0.05) is 35.9 Å². The van der Waals surface area contributed by atoms with Crippen LogP contribution in [0.15, 0.2) is 113 Å². The third kappa shape index (κ3) is 13.8. The van der Waals surface area contributed by atoms with Crippen molar-refractivity contribution < 1.29 is 43.0 Å². The minimum Gasteiger partial charge on any atom is -0.453 e. The number of carbonyl (C=O) groups excluding carboxylic acids is 6. The molecule has 482 valence electrons. The fourth-order valence-electron chi connectivity index (χ4n) is 13.5. The number of aromatic amines is 2.